The molecule has 4 rings (SSSR count). The zero-order chi connectivity index (χ0) is 27.6. The van der Waals surface area contributed by atoms with Gasteiger partial charge >= 0.3 is 24.3 Å². The van der Waals surface area contributed by atoms with Crippen molar-refractivity contribution in [2.75, 3.05) is 13.2 Å². The summed E-state index contributed by atoms with van der Waals surface area (Å²) in [7, 11) is 0. The molecule has 0 unspecified atom stereocenters. The Morgan fingerprint density at radius 3 is 2.19 bits per heavy atom. The standard InChI is InChI=1S/C17H21N3O2S.2C2HF3O2/c1-2-14-17(21-8-1)15(22-12-13-3-5-18-6-4-13)10-20(14)11-16-19-7-9-23-16;2*3-2(4,5)1(6)7/h3-7,9,14-15,17H,1-2,8,10-12H2;2*(H,6,7)/t14-,15+,17+;;/m1../s1. The first-order valence-electron chi connectivity index (χ1n) is 10.6. The van der Waals surface area contributed by atoms with Crippen LogP contribution in [-0.4, -0.2) is 80.8 Å². The lowest BCUT2D eigenvalue weighted by Gasteiger charge is -2.32. The minimum Gasteiger partial charge on any atom is -0.475 e. The van der Waals surface area contributed by atoms with Crippen molar-refractivity contribution in [3.05, 3.63) is 46.7 Å². The van der Waals surface area contributed by atoms with Crippen LogP contribution in [0.15, 0.2) is 36.1 Å². The SMILES string of the molecule is O=C(O)C(F)(F)F.O=C(O)C(F)(F)F.c1cc(CO[C@H]2CN(Cc3nccs3)[C@@H]3CCCO[C@H]23)ccn1. The summed E-state index contributed by atoms with van der Waals surface area (Å²) in [5.41, 5.74) is 1.16. The summed E-state index contributed by atoms with van der Waals surface area (Å²) in [5.74, 6) is -5.51. The van der Waals surface area contributed by atoms with Crippen molar-refractivity contribution in [3.8, 4) is 0 Å². The Hall–Kier alpha value is -2.82. The number of carbonyl (C=O) groups is 2. The van der Waals surface area contributed by atoms with Crippen molar-refractivity contribution in [1.82, 2.24) is 14.9 Å². The topological polar surface area (TPSA) is 122 Å². The van der Waals surface area contributed by atoms with Gasteiger partial charge in [-0.15, -0.1) is 11.3 Å². The third-order valence-electron chi connectivity index (χ3n) is 5.10. The first kappa shape index (κ1) is 30.4. The normalized spacial score (nSPS) is 21.6. The molecule has 0 saturated carbocycles. The van der Waals surface area contributed by atoms with Crippen LogP contribution in [-0.2, 0) is 32.2 Å². The summed E-state index contributed by atoms with van der Waals surface area (Å²) >= 11 is 1.72. The Morgan fingerprint density at radius 1 is 1.08 bits per heavy atom. The first-order valence-corrected chi connectivity index (χ1v) is 11.5. The molecule has 2 saturated heterocycles. The number of carboxylic acid groups (broad SMARTS) is 2. The van der Waals surface area contributed by atoms with Gasteiger partial charge in [0.1, 0.15) is 11.1 Å². The fourth-order valence-corrected chi connectivity index (χ4v) is 4.16. The van der Waals surface area contributed by atoms with Crippen LogP contribution in [0.2, 0.25) is 0 Å². The lowest BCUT2D eigenvalue weighted by atomic mass is 10.0. The number of aromatic nitrogens is 2. The van der Waals surface area contributed by atoms with Crippen molar-refractivity contribution in [2.24, 2.45) is 0 Å². The Kier molecular flexibility index (Phi) is 11.2. The average Bonchev–Trinajstić information content (AvgIpc) is 3.46. The number of hydrogen-bond acceptors (Lipinski definition) is 8. The van der Waals surface area contributed by atoms with Crippen LogP contribution in [0.25, 0.3) is 0 Å². The maximum Gasteiger partial charge on any atom is 0.490 e. The van der Waals surface area contributed by atoms with Gasteiger partial charge in [0.25, 0.3) is 0 Å². The molecule has 2 fully saturated rings. The molecule has 16 heteroatoms. The van der Waals surface area contributed by atoms with Crippen LogP contribution >= 0.6 is 11.3 Å². The molecule has 2 N–H and O–H groups in total. The molecule has 0 aliphatic carbocycles. The summed E-state index contributed by atoms with van der Waals surface area (Å²) in [6.07, 6.45) is -2.04. The molecule has 37 heavy (non-hydrogen) atoms. The number of alkyl halides is 6. The molecule has 206 valence electrons. The first-order chi connectivity index (χ1) is 17.3. The van der Waals surface area contributed by atoms with Gasteiger partial charge in [-0.2, -0.15) is 26.3 Å². The van der Waals surface area contributed by atoms with Crippen molar-refractivity contribution in [3.63, 3.8) is 0 Å². The molecule has 3 atom stereocenters. The maximum absolute atomic E-state index is 10.6. The number of pyridine rings is 1. The van der Waals surface area contributed by atoms with E-state index in [1.54, 1.807) is 11.3 Å². The fourth-order valence-electron chi connectivity index (χ4n) is 3.52. The molecule has 0 radical (unpaired) electrons. The van der Waals surface area contributed by atoms with Gasteiger partial charge in [-0.05, 0) is 30.5 Å². The van der Waals surface area contributed by atoms with E-state index < -0.39 is 24.3 Å². The van der Waals surface area contributed by atoms with Gasteiger partial charge in [0.05, 0.1) is 19.3 Å². The van der Waals surface area contributed by atoms with E-state index in [0.717, 1.165) is 31.7 Å². The van der Waals surface area contributed by atoms with E-state index in [2.05, 4.69) is 14.9 Å². The molecular weight excluding hydrogens is 536 g/mol. The zero-order valence-corrected chi connectivity index (χ0v) is 19.8. The molecular formula is C21H23F6N3O6S. The molecule has 2 aromatic rings. The third-order valence-corrected chi connectivity index (χ3v) is 5.87. The van der Waals surface area contributed by atoms with Crippen LogP contribution in [0.1, 0.15) is 23.4 Å². The summed E-state index contributed by atoms with van der Waals surface area (Å²) in [5, 5.41) is 17.5. The highest BCUT2D eigenvalue weighted by Gasteiger charge is 2.44. The van der Waals surface area contributed by atoms with Crippen molar-refractivity contribution >= 4 is 23.3 Å². The number of likely N-dealkylation sites (tertiary alicyclic amines) is 1. The average molecular weight is 559 g/mol. The number of aliphatic carboxylic acids is 2. The van der Waals surface area contributed by atoms with Gasteiger partial charge in [0, 0.05) is 43.2 Å². The van der Waals surface area contributed by atoms with Crippen molar-refractivity contribution in [2.45, 2.75) is 56.6 Å². The Balaban J connectivity index is 0.000000286. The zero-order valence-electron chi connectivity index (χ0n) is 19.0. The number of carboxylic acids is 2. The minimum absolute atomic E-state index is 0.133. The van der Waals surface area contributed by atoms with Gasteiger partial charge in [-0.3, -0.25) is 9.88 Å². The second kappa shape index (κ2) is 13.6. The molecule has 0 aromatic carbocycles. The number of rotatable bonds is 5. The lowest BCUT2D eigenvalue weighted by molar-refractivity contribution is -0.193. The van der Waals surface area contributed by atoms with Crippen LogP contribution in [0.5, 0.6) is 0 Å². The molecule has 2 aromatic heterocycles. The van der Waals surface area contributed by atoms with E-state index in [9.17, 15) is 26.3 Å². The quantitative estimate of drug-likeness (QED) is 0.528. The Morgan fingerprint density at radius 2 is 1.68 bits per heavy atom. The Bertz CT molecular complexity index is 953. The molecule has 0 spiro atoms. The van der Waals surface area contributed by atoms with E-state index >= 15 is 0 Å². The molecule has 0 bridgehead atoms. The number of hydrogen-bond donors (Lipinski definition) is 2. The summed E-state index contributed by atoms with van der Waals surface area (Å²) in [6.45, 7) is 3.28. The summed E-state index contributed by atoms with van der Waals surface area (Å²) in [4.78, 5) is 28.8. The van der Waals surface area contributed by atoms with Crippen LogP contribution < -0.4 is 0 Å². The molecule has 9 nitrogen and oxygen atoms in total. The molecule has 2 aliphatic heterocycles. The monoisotopic (exact) mass is 559 g/mol. The number of thiazole rings is 1. The second-order valence-electron chi connectivity index (χ2n) is 7.71. The van der Waals surface area contributed by atoms with Crippen LogP contribution in [0.3, 0.4) is 0 Å². The molecule has 2 aliphatic rings. The van der Waals surface area contributed by atoms with Crippen LogP contribution in [0, 0.1) is 0 Å². The molecule has 0 amide bonds. The van der Waals surface area contributed by atoms with Crippen molar-refractivity contribution in [1.29, 1.82) is 0 Å². The highest BCUT2D eigenvalue weighted by Crippen LogP contribution is 2.32. The number of halogens is 6. The largest absolute Gasteiger partial charge is 0.490 e. The van der Waals surface area contributed by atoms with Crippen LogP contribution in [0.4, 0.5) is 26.3 Å². The predicted molar refractivity (Wildman–Crippen MR) is 115 cm³/mol. The van der Waals surface area contributed by atoms with Gasteiger partial charge in [-0.25, -0.2) is 14.6 Å². The smallest absolute Gasteiger partial charge is 0.475 e. The minimum atomic E-state index is -5.08. The van der Waals surface area contributed by atoms with E-state index in [4.69, 9.17) is 29.3 Å². The maximum atomic E-state index is 10.6. The highest BCUT2D eigenvalue weighted by molar-refractivity contribution is 7.09. The summed E-state index contributed by atoms with van der Waals surface area (Å²) < 4.78 is 75.7. The molecule has 4 heterocycles. The summed E-state index contributed by atoms with van der Waals surface area (Å²) in [6, 6.07) is 4.46. The van der Waals surface area contributed by atoms with Crippen molar-refractivity contribution < 1.29 is 55.6 Å². The number of fused-ring (bicyclic) bond motifs is 1. The predicted octanol–water partition coefficient (Wildman–Crippen LogP) is 3.75. The number of ether oxygens (including phenoxy) is 2. The van der Waals surface area contributed by atoms with E-state index in [1.807, 2.05) is 36.1 Å². The van der Waals surface area contributed by atoms with E-state index in [1.165, 1.54) is 11.4 Å². The highest BCUT2D eigenvalue weighted by atomic mass is 32.1. The van der Waals surface area contributed by atoms with E-state index in [0.29, 0.717) is 12.6 Å². The van der Waals surface area contributed by atoms with Gasteiger partial charge in [0.15, 0.2) is 0 Å². The number of nitrogens with zero attached hydrogens (tertiary/aromatic N) is 3. The third kappa shape index (κ3) is 10.2. The fraction of sp³-hybridized carbons (Fsp3) is 0.524. The Labute approximate surface area is 210 Å². The van der Waals surface area contributed by atoms with Gasteiger partial charge in [-0.1, -0.05) is 0 Å². The lowest BCUT2D eigenvalue weighted by Crippen LogP contribution is -2.41. The second-order valence-corrected chi connectivity index (χ2v) is 8.69. The van der Waals surface area contributed by atoms with Gasteiger partial charge in [0.2, 0.25) is 0 Å². The van der Waals surface area contributed by atoms with Gasteiger partial charge < -0.3 is 19.7 Å². The van der Waals surface area contributed by atoms with E-state index in [-0.39, 0.29) is 12.2 Å².